The van der Waals surface area contributed by atoms with Crippen LogP contribution in [0.25, 0.3) is 0 Å². The second kappa shape index (κ2) is 6.63. The van der Waals surface area contributed by atoms with Crippen molar-refractivity contribution in [3.63, 3.8) is 0 Å². The fourth-order valence-electron chi connectivity index (χ4n) is 4.93. The number of nitrogens with zero attached hydrogens (tertiary/aromatic N) is 1. The maximum absolute atomic E-state index is 12.1. The van der Waals surface area contributed by atoms with E-state index < -0.39 is 0 Å². The molecule has 1 aliphatic heterocycles. The van der Waals surface area contributed by atoms with E-state index in [0.29, 0.717) is 24.1 Å². The highest BCUT2D eigenvalue weighted by Crippen LogP contribution is 2.52. The largest absolute Gasteiger partial charge is 0.317 e. The highest BCUT2D eigenvalue weighted by Gasteiger charge is 2.40. The molecule has 4 rings (SSSR count). The van der Waals surface area contributed by atoms with Crippen molar-refractivity contribution in [3.8, 4) is 0 Å². The van der Waals surface area contributed by atoms with Crippen LogP contribution in [-0.4, -0.2) is 29.2 Å². The zero-order valence-electron chi connectivity index (χ0n) is 13.8. The number of carbonyl (C=O) groups excluding carboxylic acids is 1. The Morgan fingerprint density at radius 1 is 1.22 bits per heavy atom. The summed E-state index contributed by atoms with van der Waals surface area (Å²) in [5, 5.41) is 13.8. The zero-order chi connectivity index (χ0) is 15.6. The van der Waals surface area contributed by atoms with Gasteiger partial charge in [-0.15, -0.1) is 0 Å². The number of anilines is 1. The third-order valence-electron chi connectivity index (χ3n) is 6.24. The minimum atomic E-state index is 0.106. The first kappa shape index (κ1) is 15.2. The smallest absolute Gasteiger partial charge is 0.225 e. The molecule has 2 saturated carbocycles. The predicted molar refractivity (Wildman–Crippen MR) is 90.2 cm³/mol. The van der Waals surface area contributed by atoms with Crippen molar-refractivity contribution >= 4 is 11.7 Å². The first-order valence-electron chi connectivity index (χ1n) is 9.34. The van der Waals surface area contributed by atoms with Gasteiger partial charge in [0, 0.05) is 24.1 Å². The number of H-pyrrole nitrogens is 1. The van der Waals surface area contributed by atoms with Crippen LogP contribution in [0.1, 0.15) is 63.0 Å². The number of hydrogen-bond acceptors (Lipinski definition) is 3. The molecule has 2 heterocycles. The van der Waals surface area contributed by atoms with E-state index in [1.54, 1.807) is 0 Å². The fraction of sp³-hybridized carbons (Fsp3) is 0.778. The van der Waals surface area contributed by atoms with Gasteiger partial charge in [-0.3, -0.25) is 9.89 Å². The van der Waals surface area contributed by atoms with E-state index in [1.807, 2.05) is 0 Å². The van der Waals surface area contributed by atoms with E-state index in [2.05, 4.69) is 26.9 Å². The van der Waals surface area contributed by atoms with Crippen molar-refractivity contribution < 1.29 is 4.79 Å². The standard InChI is InChI=1S/C18H28N4O/c23-18(4-2-12-5-7-19-8-6-12)20-17-11-16(21-22-17)15-10-13-1-3-14(15)9-13/h11-15,19H,1-10H2,(H2,20,21,22,23). The Labute approximate surface area is 138 Å². The Morgan fingerprint density at radius 2 is 2.09 bits per heavy atom. The Balaban J connectivity index is 1.26. The van der Waals surface area contributed by atoms with Gasteiger partial charge in [-0.05, 0) is 69.4 Å². The number of aromatic nitrogens is 2. The van der Waals surface area contributed by atoms with Gasteiger partial charge < -0.3 is 10.6 Å². The van der Waals surface area contributed by atoms with Crippen molar-refractivity contribution in [2.45, 2.75) is 57.3 Å². The van der Waals surface area contributed by atoms with E-state index >= 15 is 0 Å². The predicted octanol–water partition coefficient (Wildman–Crippen LogP) is 3.03. The number of aromatic amines is 1. The van der Waals surface area contributed by atoms with Crippen molar-refractivity contribution in [1.82, 2.24) is 15.5 Å². The molecule has 0 radical (unpaired) electrons. The maximum Gasteiger partial charge on any atom is 0.225 e. The Morgan fingerprint density at radius 3 is 2.83 bits per heavy atom. The number of carbonyl (C=O) groups is 1. The summed E-state index contributed by atoms with van der Waals surface area (Å²) in [5.74, 6) is 3.92. The van der Waals surface area contributed by atoms with Gasteiger partial charge in [0.2, 0.25) is 5.91 Å². The number of piperidine rings is 1. The molecule has 3 aliphatic rings. The molecule has 5 heteroatoms. The average Bonchev–Trinajstić information content (AvgIpc) is 3.30. The van der Waals surface area contributed by atoms with Crippen LogP contribution in [0.5, 0.6) is 0 Å². The summed E-state index contributed by atoms with van der Waals surface area (Å²) in [6.07, 6.45) is 9.48. The molecule has 3 unspecified atom stereocenters. The lowest BCUT2D eigenvalue weighted by atomic mass is 9.86. The number of nitrogens with one attached hydrogen (secondary N) is 3. The molecule has 3 fully saturated rings. The van der Waals surface area contributed by atoms with Crippen LogP contribution < -0.4 is 10.6 Å². The van der Waals surface area contributed by atoms with E-state index in [1.165, 1.54) is 44.2 Å². The SMILES string of the molecule is O=C(CCC1CCNCC1)Nc1cc(C2CC3CCC2C3)[nH]n1. The minimum Gasteiger partial charge on any atom is -0.317 e. The summed E-state index contributed by atoms with van der Waals surface area (Å²) < 4.78 is 0. The van der Waals surface area contributed by atoms with Gasteiger partial charge in [0.15, 0.2) is 5.82 Å². The molecule has 1 amide bonds. The molecule has 0 aromatic carbocycles. The van der Waals surface area contributed by atoms with Crippen molar-refractivity contribution in [2.24, 2.45) is 17.8 Å². The minimum absolute atomic E-state index is 0.106. The summed E-state index contributed by atoms with van der Waals surface area (Å²) >= 11 is 0. The van der Waals surface area contributed by atoms with E-state index in [9.17, 15) is 4.79 Å². The quantitative estimate of drug-likeness (QED) is 0.782. The Bertz CT molecular complexity index is 549. The summed E-state index contributed by atoms with van der Waals surface area (Å²) in [5.41, 5.74) is 1.23. The van der Waals surface area contributed by atoms with Crippen LogP contribution in [0.3, 0.4) is 0 Å². The molecule has 3 atom stereocenters. The van der Waals surface area contributed by atoms with Gasteiger partial charge in [-0.1, -0.05) is 6.42 Å². The monoisotopic (exact) mass is 316 g/mol. The molecule has 23 heavy (non-hydrogen) atoms. The third kappa shape index (κ3) is 3.44. The molecule has 1 saturated heterocycles. The molecule has 3 N–H and O–H groups in total. The topological polar surface area (TPSA) is 69.8 Å². The number of amides is 1. The second-order valence-electron chi connectivity index (χ2n) is 7.77. The van der Waals surface area contributed by atoms with Crippen LogP contribution in [0.15, 0.2) is 6.07 Å². The summed E-state index contributed by atoms with van der Waals surface area (Å²) in [6, 6.07) is 2.06. The molecule has 2 bridgehead atoms. The van der Waals surface area contributed by atoms with Gasteiger partial charge in [0.25, 0.3) is 0 Å². The summed E-state index contributed by atoms with van der Waals surface area (Å²) in [6.45, 7) is 2.19. The average molecular weight is 316 g/mol. The van der Waals surface area contributed by atoms with Gasteiger partial charge in [0.1, 0.15) is 0 Å². The zero-order valence-corrected chi connectivity index (χ0v) is 13.8. The van der Waals surface area contributed by atoms with Crippen LogP contribution in [0, 0.1) is 17.8 Å². The third-order valence-corrected chi connectivity index (χ3v) is 6.24. The number of hydrogen-bond donors (Lipinski definition) is 3. The van der Waals surface area contributed by atoms with Gasteiger partial charge in [-0.2, -0.15) is 5.10 Å². The highest BCUT2D eigenvalue weighted by atomic mass is 16.1. The second-order valence-corrected chi connectivity index (χ2v) is 7.77. The fourth-order valence-corrected chi connectivity index (χ4v) is 4.93. The molecule has 2 aliphatic carbocycles. The normalized spacial score (nSPS) is 30.7. The summed E-state index contributed by atoms with van der Waals surface area (Å²) in [4.78, 5) is 12.1. The van der Waals surface area contributed by atoms with Crippen LogP contribution in [-0.2, 0) is 4.79 Å². The molecule has 1 aromatic heterocycles. The van der Waals surface area contributed by atoms with E-state index in [4.69, 9.17) is 0 Å². The van der Waals surface area contributed by atoms with Crippen LogP contribution in [0.2, 0.25) is 0 Å². The lowest BCUT2D eigenvalue weighted by molar-refractivity contribution is -0.116. The molecule has 5 nitrogen and oxygen atoms in total. The van der Waals surface area contributed by atoms with Crippen molar-refractivity contribution in [3.05, 3.63) is 11.8 Å². The lowest BCUT2D eigenvalue weighted by Gasteiger charge is -2.22. The van der Waals surface area contributed by atoms with Gasteiger partial charge >= 0.3 is 0 Å². The van der Waals surface area contributed by atoms with Crippen molar-refractivity contribution in [2.75, 3.05) is 18.4 Å². The Hall–Kier alpha value is -1.36. The molecule has 0 spiro atoms. The first-order valence-corrected chi connectivity index (χ1v) is 9.34. The molecular weight excluding hydrogens is 288 g/mol. The maximum atomic E-state index is 12.1. The lowest BCUT2D eigenvalue weighted by Crippen LogP contribution is -2.28. The Kier molecular flexibility index (Phi) is 4.38. The number of fused-ring (bicyclic) bond motifs is 2. The van der Waals surface area contributed by atoms with E-state index in [-0.39, 0.29) is 5.91 Å². The van der Waals surface area contributed by atoms with Gasteiger partial charge in [0.05, 0.1) is 0 Å². The van der Waals surface area contributed by atoms with Crippen LogP contribution in [0.4, 0.5) is 5.82 Å². The number of rotatable bonds is 5. The first-order chi connectivity index (χ1) is 11.3. The molecular formula is C18H28N4O. The highest BCUT2D eigenvalue weighted by molar-refractivity contribution is 5.89. The van der Waals surface area contributed by atoms with Crippen molar-refractivity contribution in [1.29, 1.82) is 0 Å². The van der Waals surface area contributed by atoms with Gasteiger partial charge in [-0.25, -0.2) is 0 Å². The molecule has 126 valence electrons. The molecule has 1 aromatic rings. The van der Waals surface area contributed by atoms with Crippen LogP contribution >= 0.6 is 0 Å². The summed E-state index contributed by atoms with van der Waals surface area (Å²) in [7, 11) is 0. The van der Waals surface area contributed by atoms with E-state index in [0.717, 1.165) is 31.3 Å².